The Kier molecular flexibility index (Phi) is 4.23. The summed E-state index contributed by atoms with van der Waals surface area (Å²) in [4.78, 5) is 2.35. The van der Waals surface area contributed by atoms with Crippen LogP contribution in [0.25, 0.3) is 0 Å². The van der Waals surface area contributed by atoms with Crippen LogP contribution in [0, 0.1) is 11.7 Å². The molecule has 3 heteroatoms. The lowest BCUT2D eigenvalue weighted by atomic mass is 9.93. The maximum atomic E-state index is 13.9. The van der Waals surface area contributed by atoms with Gasteiger partial charge in [-0.1, -0.05) is 13.0 Å². The normalized spacial score (nSPS) is 24.3. The van der Waals surface area contributed by atoms with Gasteiger partial charge in [0.25, 0.3) is 0 Å². The van der Waals surface area contributed by atoms with E-state index in [0.717, 1.165) is 17.8 Å². The molecule has 1 aromatic carbocycles. The third kappa shape index (κ3) is 2.66. The van der Waals surface area contributed by atoms with Crippen LogP contribution in [0.2, 0.25) is 0 Å². The monoisotopic (exact) mass is 250 g/mol. The molecule has 2 atom stereocenters. The lowest BCUT2D eigenvalue weighted by molar-refractivity contribution is 0.389. The predicted octanol–water partition coefficient (Wildman–Crippen LogP) is 2.95. The summed E-state index contributed by atoms with van der Waals surface area (Å²) < 4.78 is 13.9. The van der Waals surface area contributed by atoms with Gasteiger partial charge in [-0.2, -0.15) is 0 Å². The highest BCUT2D eigenvalue weighted by molar-refractivity contribution is 5.55. The van der Waals surface area contributed by atoms with Gasteiger partial charge < -0.3 is 10.6 Å². The SMILES string of the molecule is CC1CCC(C)N(c2cccc(F)c2CCN)C1. The zero-order valence-corrected chi connectivity index (χ0v) is 11.3. The van der Waals surface area contributed by atoms with Crippen LogP contribution in [0.5, 0.6) is 0 Å². The first kappa shape index (κ1) is 13.3. The average Bonchev–Trinajstić information content (AvgIpc) is 2.35. The summed E-state index contributed by atoms with van der Waals surface area (Å²) in [5, 5.41) is 0. The van der Waals surface area contributed by atoms with Crippen LogP contribution in [0.3, 0.4) is 0 Å². The van der Waals surface area contributed by atoms with Crippen molar-refractivity contribution in [3.8, 4) is 0 Å². The molecule has 2 unspecified atom stereocenters. The zero-order valence-electron chi connectivity index (χ0n) is 11.3. The quantitative estimate of drug-likeness (QED) is 0.893. The van der Waals surface area contributed by atoms with Gasteiger partial charge in [0.05, 0.1) is 0 Å². The minimum absolute atomic E-state index is 0.122. The number of halogens is 1. The first-order chi connectivity index (χ1) is 8.63. The van der Waals surface area contributed by atoms with Gasteiger partial charge in [-0.25, -0.2) is 4.39 Å². The molecule has 0 spiro atoms. The number of nitrogens with zero attached hydrogens (tertiary/aromatic N) is 1. The van der Waals surface area contributed by atoms with Gasteiger partial charge in [0.2, 0.25) is 0 Å². The highest BCUT2D eigenvalue weighted by Crippen LogP contribution is 2.31. The Morgan fingerprint density at radius 1 is 1.33 bits per heavy atom. The minimum atomic E-state index is -0.122. The molecule has 1 heterocycles. The second kappa shape index (κ2) is 5.70. The van der Waals surface area contributed by atoms with E-state index >= 15 is 0 Å². The van der Waals surface area contributed by atoms with Crippen molar-refractivity contribution < 1.29 is 4.39 Å². The molecule has 1 aliphatic rings. The number of rotatable bonds is 3. The van der Waals surface area contributed by atoms with E-state index in [1.54, 1.807) is 6.07 Å². The second-order valence-corrected chi connectivity index (χ2v) is 5.46. The molecule has 0 radical (unpaired) electrons. The van der Waals surface area contributed by atoms with Crippen molar-refractivity contribution in [2.45, 2.75) is 39.2 Å². The molecule has 2 rings (SSSR count). The maximum absolute atomic E-state index is 13.9. The first-order valence-electron chi connectivity index (χ1n) is 6.87. The summed E-state index contributed by atoms with van der Waals surface area (Å²) >= 11 is 0. The molecule has 1 saturated heterocycles. The van der Waals surface area contributed by atoms with Crippen molar-refractivity contribution in [1.82, 2.24) is 0 Å². The number of nitrogens with two attached hydrogens (primary N) is 1. The molecule has 0 amide bonds. The molecule has 2 nitrogen and oxygen atoms in total. The van der Waals surface area contributed by atoms with Crippen molar-refractivity contribution >= 4 is 5.69 Å². The molecule has 18 heavy (non-hydrogen) atoms. The number of piperidine rings is 1. The van der Waals surface area contributed by atoms with Crippen molar-refractivity contribution in [1.29, 1.82) is 0 Å². The molecule has 0 aliphatic carbocycles. The molecule has 100 valence electrons. The molecule has 0 saturated carbocycles. The summed E-state index contributed by atoms with van der Waals surface area (Å²) in [6.07, 6.45) is 3.05. The van der Waals surface area contributed by atoms with Gasteiger partial charge in [-0.05, 0) is 50.8 Å². The molecule has 1 fully saturated rings. The van der Waals surface area contributed by atoms with Crippen molar-refractivity contribution in [2.24, 2.45) is 11.7 Å². The minimum Gasteiger partial charge on any atom is -0.368 e. The topological polar surface area (TPSA) is 29.3 Å². The number of hydrogen-bond donors (Lipinski definition) is 1. The third-order valence-electron chi connectivity index (χ3n) is 3.92. The lowest BCUT2D eigenvalue weighted by Gasteiger charge is -2.39. The smallest absolute Gasteiger partial charge is 0.128 e. The number of anilines is 1. The van der Waals surface area contributed by atoms with E-state index < -0.39 is 0 Å². The standard InChI is InChI=1S/C15H23FN2/c1-11-6-7-12(2)18(10-11)15-5-3-4-14(16)13(15)8-9-17/h3-5,11-12H,6-10,17H2,1-2H3. The highest BCUT2D eigenvalue weighted by Gasteiger charge is 2.25. The Morgan fingerprint density at radius 3 is 2.83 bits per heavy atom. The fourth-order valence-electron chi connectivity index (χ4n) is 2.83. The van der Waals surface area contributed by atoms with Crippen LogP contribution < -0.4 is 10.6 Å². The van der Waals surface area contributed by atoms with Crippen LogP contribution in [-0.2, 0) is 6.42 Å². The fourth-order valence-corrected chi connectivity index (χ4v) is 2.83. The van der Waals surface area contributed by atoms with Gasteiger partial charge in [0, 0.05) is 23.8 Å². The van der Waals surface area contributed by atoms with Crippen LogP contribution in [0.15, 0.2) is 18.2 Å². The Labute approximate surface area is 109 Å². The summed E-state index contributed by atoms with van der Waals surface area (Å²) in [7, 11) is 0. The van der Waals surface area contributed by atoms with E-state index in [0.29, 0.717) is 24.9 Å². The van der Waals surface area contributed by atoms with Crippen molar-refractivity contribution in [3.05, 3.63) is 29.6 Å². The first-order valence-corrected chi connectivity index (χ1v) is 6.87. The Balaban J connectivity index is 2.33. The van der Waals surface area contributed by atoms with E-state index in [2.05, 4.69) is 18.7 Å². The average molecular weight is 250 g/mol. The van der Waals surface area contributed by atoms with E-state index in [-0.39, 0.29) is 5.82 Å². The molecule has 1 aromatic rings. The molecular weight excluding hydrogens is 227 g/mol. The highest BCUT2D eigenvalue weighted by atomic mass is 19.1. The lowest BCUT2D eigenvalue weighted by Crippen LogP contribution is -2.41. The number of hydrogen-bond acceptors (Lipinski definition) is 2. The maximum Gasteiger partial charge on any atom is 0.128 e. The van der Waals surface area contributed by atoms with Gasteiger partial charge in [0.15, 0.2) is 0 Å². The van der Waals surface area contributed by atoms with Crippen LogP contribution >= 0.6 is 0 Å². The van der Waals surface area contributed by atoms with E-state index in [4.69, 9.17) is 5.73 Å². The van der Waals surface area contributed by atoms with E-state index in [1.807, 2.05) is 6.07 Å². The van der Waals surface area contributed by atoms with E-state index in [1.165, 1.54) is 18.9 Å². The summed E-state index contributed by atoms with van der Waals surface area (Å²) in [5.74, 6) is 0.554. The molecular formula is C15H23FN2. The second-order valence-electron chi connectivity index (χ2n) is 5.46. The molecule has 2 N–H and O–H groups in total. The van der Waals surface area contributed by atoms with Crippen molar-refractivity contribution in [2.75, 3.05) is 18.0 Å². The Hall–Kier alpha value is -1.09. The van der Waals surface area contributed by atoms with Gasteiger partial charge in [0.1, 0.15) is 5.82 Å². The third-order valence-corrected chi connectivity index (χ3v) is 3.92. The summed E-state index contributed by atoms with van der Waals surface area (Å²) in [6, 6.07) is 5.85. The van der Waals surface area contributed by atoms with E-state index in [9.17, 15) is 4.39 Å². The Bertz CT molecular complexity index is 405. The van der Waals surface area contributed by atoms with Gasteiger partial charge in [-0.3, -0.25) is 0 Å². The number of benzene rings is 1. The summed E-state index contributed by atoms with van der Waals surface area (Å²) in [6.45, 7) is 6.00. The molecule has 0 aromatic heterocycles. The molecule has 1 aliphatic heterocycles. The summed E-state index contributed by atoms with van der Waals surface area (Å²) in [5.41, 5.74) is 7.42. The fraction of sp³-hybridized carbons (Fsp3) is 0.600. The van der Waals surface area contributed by atoms with Crippen molar-refractivity contribution in [3.63, 3.8) is 0 Å². The Morgan fingerprint density at radius 2 is 2.11 bits per heavy atom. The van der Waals surface area contributed by atoms with Crippen LogP contribution in [0.1, 0.15) is 32.3 Å². The van der Waals surface area contributed by atoms with Crippen LogP contribution in [-0.4, -0.2) is 19.1 Å². The molecule has 0 bridgehead atoms. The van der Waals surface area contributed by atoms with Gasteiger partial charge >= 0.3 is 0 Å². The largest absolute Gasteiger partial charge is 0.368 e. The van der Waals surface area contributed by atoms with Crippen LogP contribution in [0.4, 0.5) is 10.1 Å². The predicted molar refractivity (Wildman–Crippen MR) is 74.4 cm³/mol. The van der Waals surface area contributed by atoms with Gasteiger partial charge in [-0.15, -0.1) is 0 Å². The zero-order chi connectivity index (χ0) is 13.1.